The highest BCUT2D eigenvalue weighted by Gasteiger charge is 2.21. The van der Waals surface area contributed by atoms with E-state index in [1.807, 2.05) is 0 Å². The number of carboxylic acids is 1. The number of hydrogen-bond acceptors (Lipinski definition) is 4. The molecule has 6 nitrogen and oxygen atoms in total. The van der Waals surface area contributed by atoms with Gasteiger partial charge in [-0.25, -0.2) is 13.2 Å². The highest BCUT2D eigenvalue weighted by atomic mass is 32.2. The number of hydrogen-bond donors (Lipinski definition) is 2. The van der Waals surface area contributed by atoms with Gasteiger partial charge in [0.15, 0.2) is 9.84 Å². The fourth-order valence-electron chi connectivity index (χ4n) is 2.58. The zero-order valence-electron chi connectivity index (χ0n) is 14.4. The van der Waals surface area contributed by atoms with Crippen molar-refractivity contribution in [1.82, 2.24) is 5.32 Å². The summed E-state index contributed by atoms with van der Waals surface area (Å²) in [5.74, 6) is -1.49. The van der Waals surface area contributed by atoms with Gasteiger partial charge in [0.05, 0.1) is 21.8 Å². The molecule has 0 bridgehead atoms. The molecule has 26 heavy (non-hydrogen) atoms. The Bertz CT molecular complexity index is 906. The predicted octanol–water partition coefficient (Wildman–Crippen LogP) is 2.54. The van der Waals surface area contributed by atoms with Crippen LogP contribution < -0.4 is 5.32 Å². The van der Waals surface area contributed by atoms with Crippen molar-refractivity contribution in [3.8, 4) is 0 Å². The van der Waals surface area contributed by atoms with E-state index >= 15 is 0 Å². The van der Waals surface area contributed by atoms with Crippen LogP contribution in [0.25, 0.3) is 0 Å². The van der Waals surface area contributed by atoms with E-state index in [0.717, 1.165) is 5.56 Å². The summed E-state index contributed by atoms with van der Waals surface area (Å²) in [6.07, 6.45) is 0.912. The Morgan fingerprint density at radius 1 is 1.08 bits per heavy atom. The van der Waals surface area contributed by atoms with Crippen molar-refractivity contribution in [2.75, 3.05) is 12.3 Å². The largest absolute Gasteiger partial charge is 0.478 e. The van der Waals surface area contributed by atoms with Crippen LogP contribution in [-0.2, 0) is 16.3 Å². The number of sulfone groups is 1. The molecule has 2 aromatic carbocycles. The number of carbonyl (C=O) groups excluding carboxylic acids is 1. The van der Waals surface area contributed by atoms with Crippen LogP contribution in [0.1, 0.15) is 39.6 Å². The number of rotatable bonds is 8. The molecule has 7 heteroatoms. The molecule has 0 heterocycles. The summed E-state index contributed by atoms with van der Waals surface area (Å²) in [5, 5.41) is 11.7. The van der Waals surface area contributed by atoms with E-state index in [1.165, 1.54) is 18.2 Å². The smallest absolute Gasteiger partial charge is 0.335 e. The van der Waals surface area contributed by atoms with Gasteiger partial charge in [0.25, 0.3) is 5.91 Å². The quantitative estimate of drug-likeness (QED) is 0.738. The molecule has 0 saturated carbocycles. The number of carboxylic acid groups (broad SMARTS) is 1. The highest BCUT2D eigenvalue weighted by molar-refractivity contribution is 7.91. The highest BCUT2D eigenvalue weighted by Crippen LogP contribution is 2.18. The van der Waals surface area contributed by atoms with Gasteiger partial charge in [0.2, 0.25) is 0 Å². The predicted molar refractivity (Wildman–Crippen MR) is 98.2 cm³/mol. The SMILES string of the molecule is CCCS(=O)(=O)c1ccccc1C(=O)NCCc1cccc(C(=O)O)c1. The summed E-state index contributed by atoms with van der Waals surface area (Å²) in [4.78, 5) is 23.4. The fourth-order valence-corrected chi connectivity index (χ4v) is 4.12. The van der Waals surface area contributed by atoms with Crippen molar-refractivity contribution in [1.29, 1.82) is 0 Å². The number of amides is 1. The summed E-state index contributed by atoms with van der Waals surface area (Å²) in [5.41, 5.74) is 1.09. The van der Waals surface area contributed by atoms with Crippen LogP contribution in [-0.4, -0.2) is 37.7 Å². The number of carbonyl (C=O) groups is 2. The lowest BCUT2D eigenvalue weighted by atomic mass is 10.1. The Kier molecular flexibility index (Phi) is 6.52. The Morgan fingerprint density at radius 3 is 2.50 bits per heavy atom. The molecule has 0 aliphatic rings. The average molecular weight is 375 g/mol. The van der Waals surface area contributed by atoms with Gasteiger partial charge in [-0.1, -0.05) is 31.2 Å². The second-order valence-electron chi connectivity index (χ2n) is 5.83. The summed E-state index contributed by atoms with van der Waals surface area (Å²) < 4.78 is 24.6. The molecule has 0 spiro atoms. The molecule has 0 aliphatic carbocycles. The standard InChI is InChI=1S/C19H21NO5S/c1-2-12-26(24,25)17-9-4-3-8-16(17)18(21)20-11-10-14-6-5-7-15(13-14)19(22)23/h3-9,13H,2,10-12H2,1H3,(H,20,21)(H,22,23). The Labute approximate surface area is 152 Å². The number of nitrogens with one attached hydrogen (secondary N) is 1. The Balaban J connectivity index is 2.07. The lowest BCUT2D eigenvalue weighted by Gasteiger charge is -2.11. The van der Waals surface area contributed by atoms with E-state index in [2.05, 4.69) is 5.32 Å². The van der Waals surface area contributed by atoms with E-state index in [4.69, 9.17) is 5.11 Å². The summed E-state index contributed by atoms with van der Waals surface area (Å²) >= 11 is 0. The van der Waals surface area contributed by atoms with Crippen molar-refractivity contribution in [2.24, 2.45) is 0 Å². The molecule has 0 atom stereocenters. The molecule has 2 aromatic rings. The van der Waals surface area contributed by atoms with E-state index in [0.29, 0.717) is 12.8 Å². The molecule has 1 amide bonds. The lowest BCUT2D eigenvalue weighted by molar-refractivity contribution is 0.0696. The van der Waals surface area contributed by atoms with Gasteiger partial charge in [-0.3, -0.25) is 4.79 Å². The zero-order valence-corrected chi connectivity index (χ0v) is 15.3. The Morgan fingerprint density at radius 2 is 1.81 bits per heavy atom. The summed E-state index contributed by atoms with van der Waals surface area (Å²) in [6.45, 7) is 2.04. The van der Waals surface area contributed by atoms with Crippen LogP contribution >= 0.6 is 0 Å². The zero-order chi connectivity index (χ0) is 19.2. The second-order valence-corrected chi connectivity index (χ2v) is 7.90. The summed E-state index contributed by atoms with van der Waals surface area (Å²) in [7, 11) is -3.50. The topological polar surface area (TPSA) is 101 Å². The average Bonchev–Trinajstić information content (AvgIpc) is 2.62. The first kappa shape index (κ1) is 19.7. The molecule has 0 unspecified atom stereocenters. The van der Waals surface area contributed by atoms with Crippen molar-refractivity contribution < 1.29 is 23.1 Å². The van der Waals surface area contributed by atoms with E-state index in [9.17, 15) is 18.0 Å². The normalized spacial score (nSPS) is 11.1. The third-order valence-corrected chi connectivity index (χ3v) is 5.78. The van der Waals surface area contributed by atoms with E-state index in [1.54, 1.807) is 37.3 Å². The van der Waals surface area contributed by atoms with Gasteiger partial charge in [-0.2, -0.15) is 0 Å². The van der Waals surface area contributed by atoms with Crippen LogP contribution in [0.5, 0.6) is 0 Å². The first-order valence-corrected chi connectivity index (χ1v) is 9.92. The van der Waals surface area contributed by atoms with Crippen molar-refractivity contribution in [2.45, 2.75) is 24.7 Å². The first-order chi connectivity index (χ1) is 12.3. The Hall–Kier alpha value is -2.67. The minimum Gasteiger partial charge on any atom is -0.478 e. The van der Waals surface area contributed by atoms with Gasteiger partial charge in [-0.15, -0.1) is 0 Å². The summed E-state index contributed by atoms with van der Waals surface area (Å²) in [6, 6.07) is 12.6. The number of aromatic carboxylic acids is 1. The number of benzene rings is 2. The van der Waals surface area contributed by atoms with Crippen LogP contribution in [0, 0.1) is 0 Å². The first-order valence-electron chi connectivity index (χ1n) is 8.27. The molecular weight excluding hydrogens is 354 g/mol. The third-order valence-electron chi connectivity index (χ3n) is 3.81. The maximum atomic E-state index is 12.4. The maximum absolute atomic E-state index is 12.4. The second kappa shape index (κ2) is 8.62. The monoisotopic (exact) mass is 375 g/mol. The van der Waals surface area contributed by atoms with Crippen molar-refractivity contribution in [3.05, 3.63) is 65.2 Å². The molecule has 0 aromatic heterocycles. The minimum atomic E-state index is -3.50. The molecule has 0 aliphatic heterocycles. The van der Waals surface area contributed by atoms with Gasteiger partial charge in [0.1, 0.15) is 0 Å². The molecule has 2 rings (SSSR count). The minimum absolute atomic E-state index is 0.0146. The van der Waals surface area contributed by atoms with Gasteiger partial charge in [-0.05, 0) is 42.7 Å². The molecule has 0 radical (unpaired) electrons. The van der Waals surface area contributed by atoms with E-state index in [-0.39, 0.29) is 28.3 Å². The third kappa shape index (κ3) is 4.92. The lowest BCUT2D eigenvalue weighted by Crippen LogP contribution is -2.27. The molecule has 0 saturated heterocycles. The van der Waals surface area contributed by atoms with Crippen molar-refractivity contribution in [3.63, 3.8) is 0 Å². The van der Waals surface area contributed by atoms with Gasteiger partial charge < -0.3 is 10.4 Å². The van der Waals surface area contributed by atoms with E-state index < -0.39 is 21.7 Å². The van der Waals surface area contributed by atoms with Crippen LogP contribution in [0.4, 0.5) is 0 Å². The molecule has 138 valence electrons. The molecule has 2 N–H and O–H groups in total. The van der Waals surface area contributed by atoms with Crippen LogP contribution in [0.15, 0.2) is 53.4 Å². The van der Waals surface area contributed by atoms with Crippen LogP contribution in [0.2, 0.25) is 0 Å². The maximum Gasteiger partial charge on any atom is 0.335 e. The van der Waals surface area contributed by atoms with Crippen molar-refractivity contribution >= 4 is 21.7 Å². The van der Waals surface area contributed by atoms with Gasteiger partial charge >= 0.3 is 5.97 Å². The molecule has 0 fully saturated rings. The van der Waals surface area contributed by atoms with Gasteiger partial charge in [0, 0.05) is 6.54 Å². The molecular formula is C19H21NO5S. The fraction of sp³-hybridized carbons (Fsp3) is 0.263. The van der Waals surface area contributed by atoms with Crippen LogP contribution in [0.3, 0.4) is 0 Å².